The average Bonchev–Trinajstić information content (AvgIpc) is 3.37. The Kier molecular flexibility index (Phi) is 5.00. The van der Waals surface area contributed by atoms with Crippen LogP contribution in [0.25, 0.3) is 10.9 Å². The number of carboxylic acid groups (broad SMARTS) is 1. The summed E-state index contributed by atoms with van der Waals surface area (Å²) in [6, 6.07) is 8.60. The number of hydrogen-bond donors (Lipinski definition) is 2. The van der Waals surface area contributed by atoms with Crippen LogP contribution in [0.1, 0.15) is 40.9 Å². The van der Waals surface area contributed by atoms with Gasteiger partial charge in [0.05, 0.1) is 22.5 Å². The first-order chi connectivity index (χ1) is 15.3. The molecule has 1 aromatic heterocycles. The van der Waals surface area contributed by atoms with E-state index in [-0.39, 0.29) is 17.2 Å². The third kappa shape index (κ3) is 3.37. The van der Waals surface area contributed by atoms with Crippen molar-refractivity contribution in [1.29, 1.82) is 0 Å². The summed E-state index contributed by atoms with van der Waals surface area (Å²) in [5.74, 6) is 1.16. The van der Waals surface area contributed by atoms with Crippen molar-refractivity contribution in [3.8, 4) is 0 Å². The van der Waals surface area contributed by atoms with Gasteiger partial charge in [0.2, 0.25) is 5.95 Å². The number of nitrogens with zero attached hydrogens (tertiary/aromatic N) is 3. The molecule has 2 heterocycles. The fourth-order valence-electron chi connectivity index (χ4n) is 4.84. The van der Waals surface area contributed by atoms with E-state index >= 15 is 0 Å². The number of carboxylic acids is 1. The van der Waals surface area contributed by atoms with Gasteiger partial charge in [-0.3, -0.25) is 9.36 Å². The van der Waals surface area contributed by atoms with Gasteiger partial charge < -0.3 is 15.3 Å². The molecule has 2 aliphatic rings. The topological polar surface area (TPSA) is 87.5 Å². The van der Waals surface area contributed by atoms with Gasteiger partial charge in [0.1, 0.15) is 0 Å². The molecule has 8 heteroatoms. The molecule has 0 radical (unpaired) electrons. The summed E-state index contributed by atoms with van der Waals surface area (Å²) in [5.41, 5.74) is 3.10. The Balaban J connectivity index is 1.64. The molecule has 2 fully saturated rings. The summed E-state index contributed by atoms with van der Waals surface area (Å²) in [6.07, 6.45) is 1.28. The maximum Gasteiger partial charge on any atom is 0.337 e. The van der Waals surface area contributed by atoms with Crippen LogP contribution >= 0.6 is 15.9 Å². The summed E-state index contributed by atoms with van der Waals surface area (Å²) in [4.78, 5) is 32.3. The zero-order chi connectivity index (χ0) is 22.7. The Morgan fingerprint density at radius 2 is 1.97 bits per heavy atom. The molecule has 3 aromatic rings. The molecule has 2 aromatic carbocycles. The maximum atomic E-state index is 13.4. The fraction of sp³-hybridized carbons (Fsp3) is 0.375. The van der Waals surface area contributed by atoms with Crippen LogP contribution in [-0.4, -0.2) is 33.7 Å². The van der Waals surface area contributed by atoms with Crippen molar-refractivity contribution in [3.63, 3.8) is 0 Å². The number of aromatic carboxylic acids is 1. The number of aromatic nitrogens is 2. The zero-order valence-electron chi connectivity index (χ0n) is 18.2. The molecule has 1 aliphatic carbocycles. The summed E-state index contributed by atoms with van der Waals surface area (Å²) < 4.78 is 2.40. The van der Waals surface area contributed by atoms with Crippen molar-refractivity contribution in [2.24, 2.45) is 18.9 Å². The van der Waals surface area contributed by atoms with E-state index in [0.717, 1.165) is 40.5 Å². The standard InChI is InChI=1S/C24H25BrN4O3/c1-12-8-17(13(2)26-18-7-5-4-6-16(18)23(31)32)21-19(20(12)25)22(30)28(3)24(27-21)29-10-14-9-15(14)11-29/h4-8,13-15,26H,9-11H2,1-3H3,(H,31,32). The Morgan fingerprint density at radius 1 is 1.28 bits per heavy atom. The highest BCUT2D eigenvalue weighted by molar-refractivity contribution is 9.10. The van der Waals surface area contributed by atoms with Crippen LogP contribution in [0.3, 0.4) is 0 Å². The number of nitrogens with one attached hydrogen (secondary N) is 1. The van der Waals surface area contributed by atoms with Crippen molar-refractivity contribution in [2.75, 3.05) is 23.3 Å². The molecule has 166 valence electrons. The van der Waals surface area contributed by atoms with Gasteiger partial charge in [-0.15, -0.1) is 0 Å². The van der Waals surface area contributed by atoms with Gasteiger partial charge >= 0.3 is 5.97 Å². The molecule has 5 rings (SSSR count). The van der Waals surface area contributed by atoms with Crippen molar-refractivity contribution in [2.45, 2.75) is 26.3 Å². The van der Waals surface area contributed by atoms with Crippen molar-refractivity contribution in [3.05, 3.63) is 61.8 Å². The number of aryl methyl sites for hydroxylation is 1. The van der Waals surface area contributed by atoms with Gasteiger partial charge in [-0.25, -0.2) is 9.78 Å². The molecule has 3 atom stereocenters. The lowest BCUT2D eigenvalue weighted by molar-refractivity contribution is 0.0698. The highest BCUT2D eigenvalue weighted by Gasteiger charge is 2.46. The third-order valence-corrected chi connectivity index (χ3v) is 7.76. The Morgan fingerprint density at radius 3 is 2.66 bits per heavy atom. The van der Waals surface area contributed by atoms with E-state index in [0.29, 0.717) is 22.5 Å². The van der Waals surface area contributed by atoms with Gasteiger partial charge in [0.25, 0.3) is 5.56 Å². The van der Waals surface area contributed by atoms with Crippen LogP contribution in [0, 0.1) is 18.8 Å². The molecule has 0 bridgehead atoms. The van der Waals surface area contributed by atoms with E-state index in [1.165, 1.54) is 6.42 Å². The van der Waals surface area contributed by atoms with Gasteiger partial charge in [0, 0.05) is 35.9 Å². The number of para-hydroxylation sites is 1. The van der Waals surface area contributed by atoms with Crippen LogP contribution in [0.5, 0.6) is 0 Å². The van der Waals surface area contributed by atoms with Crippen LogP contribution < -0.4 is 15.8 Å². The number of halogens is 1. The van der Waals surface area contributed by atoms with Gasteiger partial charge in [-0.1, -0.05) is 18.2 Å². The van der Waals surface area contributed by atoms with Crippen molar-refractivity contribution >= 4 is 44.4 Å². The Hall–Kier alpha value is -2.87. The lowest BCUT2D eigenvalue weighted by Crippen LogP contribution is -2.32. The second kappa shape index (κ2) is 7.62. The summed E-state index contributed by atoms with van der Waals surface area (Å²) in [6.45, 7) is 5.80. The van der Waals surface area contributed by atoms with Crippen molar-refractivity contribution < 1.29 is 9.90 Å². The normalized spacial score (nSPS) is 20.3. The lowest BCUT2D eigenvalue weighted by Gasteiger charge is -2.24. The third-order valence-electron chi connectivity index (χ3n) is 6.74. The average molecular weight is 497 g/mol. The number of benzene rings is 2. The van der Waals surface area contributed by atoms with Gasteiger partial charge in [-0.2, -0.15) is 0 Å². The number of fused-ring (bicyclic) bond motifs is 2. The predicted octanol–water partition coefficient (Wildman–Crippen LogP) is 4.33. The molecule has 2 N–H and O–H groups in total. The number of anilines is 2. The van der Waals surface area contributed by atoms with Crippen molar-refractivity contribution in [1.82, 2.24) is 9.55 Å². The molecule has 1 aliphatic heterocycles. The molecule has 1 saturated carbocycles. The minimum Gasteiger partial charge on any atom is -0.478 e. The van der Waals surface area contributed by atoms with Gasteiger partial charge in [0.15, 0.2) is 0 Å². The second-order valence-corrected chi connectivity index (χ2v) is 9.77. The van der Waals surface area contributed by atoms with E-state index < -0.39 is 5.97 Å². The number of piperidine rings is 1. The molecule has 0 spiro atoms. The van der Waals surface area contributed by atoms with Crippen LogP contribution in [0.4, 0.5) is 11.6 Å². The molecule has 0 amide bonds. The number of carbonyl (C=O) groups is 1. The fourth-order valence-corrected chi connectivity index (χ4v) is 5.31. The van der Waals surface area contributed by atoms with E-state index in [1.54, 1.807) is 35.9 Å². The Bertz CT molecular complexity index is 1310. The van der Waals surface area contributed by atoms with E-state index in [1.807, 2.05) is 19.9 Å². The zero-order valence-corrected chi connectivity index (χ0v) is 19.8. The number of hydrogen-bond acceptors (Lipinski definition) is 5. The quantitative estimate of drug-likeness (QED) is 0.546. The molecule has 32 heavy (non-hydrogen) atoms. The first-order valence-electron chi connectivity index (χ1n) is 10.8. The highest BCUT2D eigenvalue weighted by atomic mass is 79.9. The summed E-state index contributed by atoms with van der Waals surface area (Å²) >= 11 is 3.61. The second-order valence-electron chi connectivity index (χ2n) is 8.97. The first-order valence-corrected chi connectivity index (χ1v) is 11.6. The SMILES string of the molecule is Cc1cc(C(C)Nc2ccccc2C(=O)O)c2nc(N3CC4CC4C3)n(C)c(=O)c2c1Br. The predicted molar refractivity (Wildman–Crippen MR) is 129 cm³/mol. The van der Waals surface area contributed by atoms with Crippen LogP contribution in [0.2, 0.25) is 0 Å². The number of rotatable bonds is 5. The largest absolute Gasteiger partial charge is 0.478 e. The lowest BCUT2D eigenvalue weighted by atomic mass is 10.0. The molecular formula is C24H25BrN4O3. The molecule has 3 unspecified atom stereocenters. The van der Waals surface area contributed by atoms with E-state index in [2.05, 4.69) is 26.1 Å². The minimum atomic E-state index is -0.987. The van der Waals surface area contributed by atoms with Crippen LogP contribution in [0.15, 0.2) is 39.6 Å². The summed E-state index contributed by atoms with van der Waals surface area (Å²) in [7, 11) is 1.78. The highest BCUT2D eigenvalue weighted by Crippen LogP contribution is 2.46. The molecule has 1 saturated heterocycles. The molecular weight excluding hydrogens is 472 g/mol. The molecule has 7 nitrogen and oxygen atoms in total. The first kappa shape index (κ1) is 21.0. The maximum absolute atomic E-state index is 13.4. The minimum absolute atomic E-state index is 0.0828. The van der Waals surface area contributed by atoms with Crippen LogP contribution in [-0.2, 0) is 7.05 Å². The Labute approximate surface area is 194 Å². The summed E-state index contributed by atoms with van der Waals surface area (Å²) in [5, 5.41) is 13.4. The monoisotopic (exact) mass is 496 g/mol. The van der Waals surface area contributed by atoms with Gasteiger partial charge in [-0.05, 0) is 65.7 Å². The van der Waals surface area contributed by atoms with E-state index in [9.17, 15) is 14.7 Å². The smallest absolute Gasteiger partial charge is 0.337 e. The van der Waals surface area contributed by atoms with E-state index in [4.69, 9.17) is 4.98 Å².